The third-order valence-electron chi connectivity index (χ3n) is 4.08. The van der Waals surface area contributed by atoms with Crippen LogP contribution in [0.2, 0.25) is 0 Å². The van der Waals surface area contributed by atoms with Crippen LogP contribution in [0.5, 0.6) is 11.6 Å². The minimum absolute atomic E-state index is 0.175. The van der Waals surface area contributed by atoms with Crippen molar-refractivity contribution >= 4 is 17.4 Å². The maximum Gasteiger partial charge on any atom is 0.322 e. The van der Waals surface area contributed by atoms with Crippen LogP contribution in [0.15, 0.2) is 42.6 Å². The summed E-state index contributed by atoms with van der Waals surface area (Å²) in [6.07, 6.45) is 1.63. The Hall–Kier alpha value is -2.96. The monoisotopic (exact) mass is 342 g/mol. The van der Waals surface area contributed by atoms with E-state index >= 15 is 0 Å². The molecule has 7 nitrogen and oxygen atoms in total. The summed E-state index contributed by atoms with van der Waals surface area (Å²) in [4.78, 5) is 20.5. The lowest BCUT2D eigenvalue weighted by molar-refractivity contribution is 0.208. The maximum absolute atomic E-state index is 12.5. The van der Waals surface area contributed by atoms with E-state index in [0.29, 0.717) is 44.4 Å². The van der Waals surface area contributed by atoms with Gasteiger partial charge in [0.25, 0.3) is 0 Å². The normalized spacial score (nSPS) is 14.3. The van der Waals surface area contributed by atoms with Gasteiger partial charge in [0.15, 0.2) is 0 Å². The molecule has 0 spiro atoms. The lowest BCUT2D eigenvalue weighted by atomic mass is 10.2. The van der Waals surface area contributed by atoms with Gasteiger partial charge in [-0.15, -0.1) is 0 Å². The second kappa shape index (κ2) is 7.74. The van der Waals surface area contributed by atoms with Crippen molar-refractivity contribution in [3.05, 3.63) is 42.6 Å². The van der Waals surface area contributed by atoms with Gasteiger partial charge in [-0.1, -0.05) is 12.1 Å². The highest BCUT2D eigenvalue weighted by atomic mass is 16.5. The molecule has 0 bridgehead atoms. The van der Waals surface area contributed by atoms with E-state index in [-0.39, 0.29) is 11.8 Å². The first-order valence-corrected chi connectivity index (χ1v) is 8.35. The van der Waals surface area contributed by atoms with Crippen LogP contribution in [0.25, 0.3) is 0 Å². The fourth-order valence-corrected chi connectivity index (χ4v) is 2.81. The number of phenols is 1. The van der Waals surface area contributed by atoms with Crippen LogP contribution < -0.4 is 15.0 Å². The predicted octanol–water partition coefficient (Wildman–Crippen LogP) is 2.54. The minimum atomic E-state index is -0.175. The molecule has 3 rings (SSSR count). The van der Waals surface area contributed by atoms with Crippen LogP contribution in [0.1, 0.15) is 6.92 Å². The number of urea groups is 1. The van der Waals surface area contributed by atoms with Gasteiger partial charge in [0.2, 0.25) is 5.88 Å². The van der Waals surface area contributed by atoms with Crippen LogP contribution >= 0.6 is 0 Å². The van der Waals surface area contributed by atoms with Gasteiger partial charge in [-0.25, -0.2) is 9.78 Å². The number of carbonyl (C=O) groups excluding carboxylic acids is 1. The number of nitrogens with one attached hydrogen (secondary N) is 1. The number of phenolic OH excluding ortho intramolecular Hbond substituents is 1. The molecule has 25 heavy (non-hydrogen) atoms. The number of amides is 2. The van der Waals surface area contributed by atoms with Gasteiger partial charge in [-0.3, -0.25) is 0 Å². The Labute approximate surface area is 146 Å². The minimum Gasteiger partial charge on any atom is -0.506 e. The quantitative estimate of drug-likeness (QED) is 0.893. The zero-order valence-corrected chi connectivity index (χ0v) is 14.2. The van der Waals surface area contributed by atoms with E-state index in [1.54, 1.807) is 35.4 Å². The average Bonchev–Trinajstić information content (AvgIpc) is 2.64. The summed E-state index contributed by atoms with van der Waals surface area (Å²) >= 11 is 0. The number of aromatic nitrogens is 1. The van der Waals surface area contributed by atoms with Crippen LogP contribution in [0.4, 0.5) is 16.2 Å². The molecule has 1 aromatic heterocycles. The summed E-state index contributed by atoms with van der Waals surface area (Å²) in [5.74, 6) is 0.684. The number of nitrogens with zero attached hydrogens (tertiary/aromatic N) is 3. The third kappa shape index (κ3) is 3.93. The van der Waals surface area contributed by atoms with E-state index < -0.39 is 0 Å². The van der Waals surface area contributed by atoms with Gasteiger partial charge in [-0.05, 0) is 31.2 Å². The molecule has 0 aliphatic carbocycles. The summed E-state index contributed by atoms with van der Waals surface area (Å²) in [5.41, 5.74) is 1.37. The molecule has 132 valence electrons. The Morgan fingerprint density at radius 2 is 1.96 bits per heavy atom. The van der Waals surface area contributed by atoms with Gasteiger partial charge >= 0.3 is 6.03 Å². The van der Waals surface area contributed by atoms with E-state index in [9.17, 15) is 9.90 Å². The van der Waals surface area contributed by atoms with Crippen molar-refractivity contribution in [2.75, 3.05) is 43.0 Å². The van der Waals surface area contributed by atoms with Crippen molar-refractivity contribution in [1.29, 1.82) is 0 Å². The first-order chi connectivity index (χ1) is 12.2. The molecule has 0 atom stereocenters. The van der Waals surface area contributed by atoms with E-state index in [4.69, 9.17) is 4.74 Å². The first kappa shape index (κ1) is 16.9. The Morgan fingerprint density at radius 1 is 1.20 bits per heavy atom. The van der Waals surface area contributed by atoms with Gasteiger partial charge in [0.1, 0.15) is 11.4 Å². The van der Waals surface area contributed by atoms with Crippen LogP contribution in [-0.4, -0.2) is 53.8 Å². The molecule has 1 aliphatic rings. The number of aromatic hydroxyl groups is 1. The Balaban J connectivity index is 1.60. The number of anilines is 2. The SMILES string of the molecule is CCOc1ncccc1NC(=O)N1CCN(c2ccccc2O)CC1. The third-order valence-corrected chi connectivity index (χ3v) is 4.08. The van der Waals surface area contributed by atoms with Crippen molar-refractivity contribution < 1.29 is 14.6 Å². The number of ether oxygens (including phenoxy) is 1. The maximum atomic E-state index is 12.5. The number of hydrogen-bond donors (Lipinski definition) is 2. The van der Waals surface area contributed by atoms with Crippen LogP contribution in [-0.2, 0) is 0 Å². The van der Waals surface area contributed by atoms with Crippen LogP contribution in [0.3, 0.4) is 0 Å². The molecule has 0 unspecified atom stereocenters. The van der Waals surface area contributed by atoms with E-state index in [1.807, 2.05) is 19.1 Å². The van der Waals surface area contributed by atoms with Crippen molar-refractivity contribution in [3.63, 3.8) is 0 Å². The molecule has 2 amide bonds. The highest BCUT2D eigenvalue weighted by Gasteiger charge is 2.23. The molecular formula is C18H22N4O3. The zero-order valence-electron chi connectivity index (χ0n) is 14.2. The Morgan fingerprint density at radius 3 is 2.68 bits per heavy atom. The Bertz CT molecular complexity index is 730. The molecule has 1 aromatic carbocycles. The number of piperazine rings is 1. The lowest BCUT2D eigenvalue weighted by Gasteiger charge is -2.36. The van der Waals surface area contributed by atoms with E-state index in [2.05, 4.69) is 15.2 Å². The number of benzene rings is 1. The number of hydrogen-bond acceptors (Lipinski definition) is 5. The highest BCUT2D eigenvalue weighted by molar-refractivity contribution is 5.90. The largest absolute Gasteiger partial charge is 0.506 e. The highest BCUT2D eigenvalue weighted by Crippen LogP contribution is 2.27. The second-order valence-electron chi connectivity index (χ2n) is 5.68. The van der Waals surface area contributed by atoms with Gasteiger partial charge in [0, 0.05) is 32.4 Å². The van der Waals surface area contributed by atoms with Gasteiger partial charge in [0.05, 0.1) is 12.3 Å². The molecule has 0 radical (unpaired) electrons. The fraction of sp³-hybridized carbons (Fsp3) is 0.333. The van der Waals surface area contributed by atoms with E-state index in [1.165, 1.54) is 0 Å². The van der Waals surface area contributed by atoms with Crippen molar-refractivity contribution in [3.8, 4) is 11.6 Å². The zero-order chi connectivity index (χ0) is 17.6. The number of carbonyl (C=O) groups is 1. The Kier molecular flexibility index (Phi) is 5.23. The van der Waals surface area contributed by atoms with Crippen molar-refractivity contribution in [2.45, 2.75) is 6.92 Å². The standard InChI is InChI=1S/C18H22N4O3/c1-2-25-17-14(6-5-9-19-17)20-18(24)22-12-10-21(11-13-22)15-7-3-4-8-16(15)23/h3-9,23H,2,10-13H2,1H3,(H,20,24). The number of rotatable bonds is 4. The fourth-order valence-electron chi connectivity index (χ4n) is 2.81. The molecule has 2 aromatic rings. The first-order valence-electron chi connectivity index (χ1n) is 8.35. The van der Waals surface area contributed by atoms with E-state index in [0.717, 1.165) is 5.69 Å². The summed E-state index contributed by atoms with van der Waals surface area (Å²) in [6.45, 7) is 4.83. The topological polar surface area (TPSA) is 77.9 Å². The smallest absolute Gasteiger partial charge is 0.322 e. The number of para-hydroxylation sites is 2. The summed E-state index contributed by atoms with van der Waals surface area (Å²) in [5, 5.41) is 12.8. The summed E-state index contributed by atoms with van der Waals surface area (Å²) in [7, 11) is 0. The average molecular weight is 342 g/mol. The van der Waals surface area contributed by atoms with Crippen LogP contribution in [0, 0.1) is 0 Å². The molecule has 2 N–H and O–H groups in total. The molecular weight excluding hydrogens is 320 g/mol. The molecule has 1 aliphatic heterocycles. The van der Waals surface area contributed by atoms with Gasteiger partial charge in [-0.2, -0.15) is 0 Å². The molecule has 1 saturated heterocycles. The van der Waals surface area contributed by atoms with Crippen molar-refractivity contribution in [2.24, 2.45) is 0 Å². The van der Waals surface area contributed by atoms with Crippen molar-refractivity contribution in [1.82, 2.24) is 9.88 Å². The lowest BCUT2D eigenvalue weighted by Crippen LogP contribution is -2.50. The predicted molar refractivity (Wildman–Crippen MR) is 96.3 cm³/mol. The second-order valence-corrected chi connectivity index (χ2v) is 5.68. The molecule has 0 saturated carbocycles. The number of pyridine rings is 1. The molecule has 7 heteroatoms. The molecule has 2 heterocycles. The molecule has 1 fully saturated rings. The van der Waals surface area contributed by atoms with Gasteiger partial charge < -0.3 is 25.0 Å². The summed E-state index contributed by atoms with van der Waals surface area (Å²) < 4.78 is 5.43. The summed E-state index contributed by atoms with van der Waals surface area (Å²) in [6, 6.07) is 10.6.